The van der Waals surface area contributed by atoms with Crippen LogP contribution in [0.3, 0.4) is 0 Å². The highest BCUT2D eigenvalue weighted by atomic mass is 19.4. The Bertz CT molecular complexity index is 862. The molecule has 2 aromatic heterocycles. The van der Waals surface area contributed by atoms with Gasteiger partial charge in [-0.05, 0) is 44.5 Å². The van der Waals surface area contributed by atoms with Crippen molar-refractivity contribution in [1.29, 1.82) is 0 Å². The maximum atomic E-state index is 13.9. The number of halogens is 4. The molecular weight excluding hydrogens is 382 g/mol. The number of amides is 1. The molecule has 0 N–H and O–H groups in total. The zero-order chi connectivity index (χ0) is 21.1. The van der Waals surface area contributed by atoms with Crippen molar-refractivity contribution in [3.05, 3.63) is 53.2 Å². The second-order valence-electron chi connectivity index (χ2n) is 6.78. The Labute approximate surface area is 158 Å². The van der Waals surface area contributed by atoms with Crippen molar-refractivity contribution < 1.29 is 31.9 Å². The number of carbonyl (C=O) groups excluding carboxylic acids is 2. The van der Waals surface area contributed by atoms with Gasteiger partial charge in [-0.2, -0.15) is 17.6 Å². The number of pyridine rings is 2. The number of aromatic nitrogens is 2. The highest BCUT2D eigenvalue weighted by Crippen LogP contribution is 2.28. The van der Waals surface area contributed by atoms with E-state index in [0.717, 1.165) is 29.3 Å². The number of alkyl halides is 3. The summed E-state index contributed by atoms with van der Waals surface area (Å²) in [7, 11) is 0. The van der Waals surface area contributed by atoms with E-state index in [9.17, 15) is 27.2 Å². The van der Waals surface area contributed by atoms with Crippen molar-refractivity contribution in [2.75, 3.05) is 4.90 Å². The van der Waals surface area contributed by atoms with Gasteiger partial charge < -0.3 is 4.74 Å². The molecular formula is C18H17F4N3O3. The lowest BCUT2D eigenvalue weighted by atomic mass is 10.2. The Morgan fingerprint density at radius 2 is 1.86 bits per heavy atom. The van der Waals surface area contributed by atoms with Crippen LogP contribution in [-0.2, 0) is 17.5 Å². The molecule has 0 atom stereocenters. The zero-order valence-electron chi connectivity index (χ0n) is 15.2. The van der Waals surface area contributed by atoms with Gasteiger partial charge in [0, 0.05) is 6.20 Å². The van der Waals surface area contributed by atoms with E-state index in [-0.39, 0.29) is 29.8 Å². The van der Waals surface area contributed by atoms with E-state index in [1.165, 1.54) is 6.07 Å². The van der Waals surface area contributed by atoms with E-state index >= 15 is 0 Å². The number of anilines is 1. The molecule has 0 saturated carbocycles. The fraction of sp³-hybridized carbons (Fsp3) is 0.333. The van der Waals surface area contributed by atoms with E-state index in [1.54, 1.807) is 20.8 Å². The summed E-state index contributed by atoms with van der Waals surface area (Å²) < 4.78 is 57.1. The Morgan fingerprint density at radius 3 is 2.32 bits per heavy atom. The first-order valence-electron chi connectivity index (χ1n) is 8.05. The maximum absolute atomic E-state index is 13.9. The summed E-state index contributed by atoms with van der Waals surface area (Å²) in [6.07, 6.45) is -4.27. The number of nitrogens with zero attached hydrogens (tertiary/aromatic N) is 3. The lowest BCUT2D eigenvalue weighted by molar-refractivity contribution is -0.141. The standard InChI is InChI=1S/C18H17F4N3O3/c1-17(2,3)28-16(27)25(14-7-5-12(10-26)15(19)24-14)9-11-4-6-13(23-8-11)18(20,21)22/h4-8,10H,9H2,1-3H3. The van der Waals surface area contributed by atoms with Crippen LogP contribution in [-0.4, -0.2) is 27.9 Å². The summed E-state index contributed by atoms with van der Waals surface area (Å²) in [5.41, 5.74) is -2.03. The van der Waals surface area contributed by atoms with Gasteiger partial charge in [0.15, 0.2) is 6.29 Å². The molecule has 0 aromatic carbocycles. The number of carbonyl (C=O) groups is 2. The number of aldehydes is 1. The summed E-state index contributed by atoms with van der Waals surface area (Å²) >= 11 is 0. The first kappa shape index (κ1) is 21.3. The van der Waals surface area contributed by atoms with Crippen LogP contribution in [0.1, 0.15) is 42.4 Å². The molecule has 0 spiro atoms. The SMILES string of the molecule is CC(C)(C)OC(=O)N(Cc1ccc(C(F)(F)F)nc1)c1ccc(C=O)c(F)n1. The van der Waals surface area contributed by atoms with Gasteiger partial charge in [-0.1, -0.05) is 6.07 Å². The number of hydrogen-bond acceptors (Lipinski definition) is 5. The first-order valence-corrected chi connectivity index (χ1v) is 8.05. The van der Waals surface area contributed by atoms with Crippen LogP contribution in [0, 0.1) is 5.95 Å². The van der Waals surface area contributed by atoms with Crippen LogP contribution < -0.4 is 4.90 Å². The van der Waals surface area contributed by atoms with Gasteiger partial charge in [0.1, 0.15) is 17.1 Å². The third kappa shape index (κ3) is 5.48. The molecule has 2 rings (SSSR count). The van der Waals surface area contributed by atoms with E-state index < -0.39 is 29.5 Å². The number of hydrogen-bond donors (Lipinski definition) is 0. The van der Waals surface area contributed by atoms with E-state index in [2.05, 4.69) is 9.97 Å². The largest absolute Gasteiger partial charge is 0.443 e. The Morgan fingerprint density at radius 1 is 1.18 bits per heavy atom. The molecule has 0 aliphatic carbocycles. The molecule has 1 amide bonds. The minimum atomic E-state index is -4.60. The summed E-state index contributed by atoms with van der Waals surface area (Å²) in [5, 5.41) is 0. The van der Waals surface area contributed by atoms with Crippen LogP contribution in [0.5, 0.6) is 0 Å². The minimum Gasteiger partial charge on any atom is -0.443 e. The molecule has 2 heterocycles. The van der Waals surface area contributed by atoms with Crippen molar-refractivity contribution in [3.8, 4) is 0 Å². The lowest BCUT2D eigenvalue weighted by Gasteiger charge is -2.27. The fourth-order valence-corrected chi connectivity index (χ4v) is 2.10. The normalized spacial score (nSPS) is 11.8. The molecule has 0 bridgehead atoms. The van der Waals surface area contributed by atoms with Crippen molar-refractivity contribution in [2.45, 2.75) is 39.1 Å². The zero-order valence-corrected chi connectivity index (χ0v) is 15.2. The van der Waals surface area contributed by atoms with Gasteiger partial charge >= 0.3 is 12.3 Å². The molecule has 0 fully saturated rings. The topological polar surface area (TPSA) is 72.4 Å². The van der Waals surface area contributed by atoms with Crippen LogP contribution in [0.25, 0.3) is 0 Å². The van der Waals surface area contributed by atoms with E-state index in [0.29, 0.717) is 0 Å². The van der Waals surface area contributed by atoms with Gasteiger partial charge in [0.05, 0.1) is 12.1 Å². The molecule has 150 valence electrons. The molecule has 6 nitrogen and oxygen atoms in total. The van der Waals surface area contributed by atoms with Gasteiger partial charge in [0.2, 0.25) is 5.95 Å². The molecule has 0 aliphatic heterocycles. The average molecular weight is 399 g/mol. The average Bonchev–Trinajstić information content (AvgIpc) is 2.57. The van der Waals surface area contributed by atoms with Crippen molar-refractivity contribution in [1.82, 2.24) is 9.97 Å². The second kappa shape index (κ2) is 7.91. The summed E-state index contributed by atoms with van der Waals surface area (Å²) in [5.74, 6) is -1.26. The minimum absolute atomic E-state index is 0.169. The van der Waals surface area contributed by atoms with E-state index in [4.69, 9.17) is 4.74 Å². The lowest BCUT2D eigenvalue weighted by Crippen LogP contribution is -2.37. The predicted octanol–water partition coefficient (Wildman–Crippen LogP) is 4.39. The van der Waals surface area contributed by atoms with Crippen LogP contribution in [0.15, 0.2) is 30.5 Å². The maximum Gasteiger partial charge on any atom is 0.433 e. The summed E-state index contributed by atoms with van der Waals surface area (Å²) in [6, 6.07) is 4.27. The highest BCUT2D eigenvalue weighted by molar-refractivity contribution is 5.87. The summed E-state index contributed by atoms with van der Waals surface area (Å²) in [4.78, 5) is 31.1. The molecule has 10 heteroatoms. The smallest absolute Gasteiger partial charge is 0.433 e. The monoisotopic (exact) mass is 399 g/mol. The van der Waals surface area contributed by atoms with E-state index in [1.807, 2.05) is 0 Å². The third-order valence-electron chi connectivity index (χ3n) is 3.34. The fourth-order valence-electron chi connectivity index (χ4n) is 2.10. The first-order chi connectivity index (χ1) is 12.9. The van der Waals surface area contributed by atoms with Gasteiger partial charge in [-0.15, -0.1) is 0 Å². The van der Waals surface area contributed by atoms with Crippen LogP contribution in [0.4, 0.5) is 28.2 Å². The predicted molar refractivity (Wildman–Crippen MR) is 91.2 cm³/mol. The number of ether oxygens (including phenoxy) is 1. The molecule has 28 heavy (non-hydrogen) atoms. The quantitative estimate of drug-likeness (QED) is 0.433. The van der Waals surface area contributed by atoms with Gasteiger partial charge in [0.25, 0.3) is 0 Å². The highest BCUT2D eigenvalue weighted by Gasteiger charge is 2.32. The molecule has 0 radical (unpaired) electrons. The second-order valence-corrected chi connectivity index (χ2v) is 6.78. The van der Waals surface area contributed by atoms with Crippen LogP contribution >= 0.6 is 0 Å². The third-order valence-corrected chi connectivity index (χ3v) is 3.34. The molecule has 2 aromatic rings. The Hall–Kier alpha value is -3.04. The number of rotatable bonds is 4. The summed E-state index contributed by atoms with van der Waals surface area (Å²) in [6.45, 7) is 4.58. The Kier molecular flexibility index (Phi) is 6.01. The van der Waals surface area contributed by atoms with Gasteiger partial charge in [-0.25, -0.2) is 9.78 Å². The molecule has 0 aliphatic rings. The Balaban J connectivity index is 2.37. The molecule has 0 unspecified atom stereocenters. The van der Waals surface area contributed by atoms with Crippen molar-refractivity contribution in [3.63, 3.8) is 0 Å². The van der Waals surface area contributed by atoms with Crippen LogP contribution in [0.2, 0.25) is 0 Å². The van der Waals surface area contributed by atoms with Crippen molar-refractivity contribution in [2.24, 2.45) is 0 Å². The molecule has 0 saturated heterocycles. The van der Waals surface area contributed by atoms with Crippen molar-refractivity contribution >= 4 is 18.2 Å². The van der Waals surface area contributed by atoms with Gasteiger partial charge in [-0.3, -0.25) is 14.7 Å².